The topological polar surface area (TPSA) is 78.4 Å². The summed E-state index contributed by atoms with van der Waals surface area (Å²) >= 11 is 0. The molecule has 0 aliphatic heterocycles. The highest BCUT2D eigenvalue weighted by Crippen LogP contribution is 2.04. The number of hydrogen-bond acceptors (Lipinski definition) is 2. The zero-order chi connectivity index (χ0) is 12.6. The molecule has 5 heteroatoms. The second kappa shape index (κ2) is 7.96. The fraction of sp³-hybridized carbons (Fsp3) is 0.818. The van der Waals surface area contributed by atoms with E-state index in [9.17, 15) is 9.59 Å². The lowest BCUT2D eigenvalue weighted by Gasteiger charge is -2.16. The maximum absolute atomic E-state index is 11.3. The van der Waals surface area contributed by atoms with Gasteiger partial charge in [-0.3, -0.25) is 0 Å². The number of carboxylic acid groups (broad SMARTS) is 1. The van der Waals surface area contributed by atoms with Gasteiger partial charge in [-0.15, -0.1) is 0 Å². The van der Waals surface area contributed by atoms with Gasteiger partial charge in [0.05, 0.1) is 0 Å². The van der Waals surface area contributed by atoms with E-state index < -0.39 is 18.0 Å². The molecule has 3 N–H and O–H groups in total. The molecule has 0 unspecified atom stereocenters. The molecule has 0 aromatic rings. The van der Waals surface area contributed by atoms with Crippen molar-refractivity contribution in [1.29, 1.82) is 0 Å². The number of carbonyl (C=O) groups excluding carboxylic acids is 1. The molecule has 0 rings (SSSR count). The van der Waals surface area contributed by atoms with Crippen molar-refractivity contribution in [1.82, 2.24) is 10.6 Å². The normalized spacial score (nSPS) is 12.2. The van der Waals surface area contributed by atoms with Crippen molar-refractivity contribution in [3.8, 4) is 0 Å². The maximum Gasteiger partial charge on any atom is 0.326 e. The first kappa shape index (κ1) is 14.7. The molecule has 2 amide bonds. The zero-order valence-electron chi connectivity index (χ0n) is 10.2. The molecule has 0 aliphatic rings. The Kier molecular flexibility index (Phi) is 7.33. The minimum Gasteiger partial charge on any atom is -0.480 e. The Morgan fingerprint density at radius 3 is 2.38 bits per heavy atom. The molecule has 0 aromatic carbocycles. The van der Waals surface area contributed by atoms with E-state index in [1.165, 1.54) is 0 Å². The number of unbranched alkanes of at least 4 members (excludes halogenated alkanes) is 1. The molecule has 0 radical (unpaired) electrons. The molecular formula is C11H22N2O3. The Bertz CT molecular complexity index is 229. The Balaban J connectivity index is 3.98. The van der Waals surface area contributed by atoms with Crippen LogP contribution in [0, 0.1) is 5.92 Å². The molecule has 0 heterocycles. The number of nitrogens with one attached hydrogen (secondary N) is 2. The van der Waals surface area contributed by atoms with Crippen molar-refractivity contribution in [2.24, 2.45) is 5.92 Å². The van der Waals surface area contributed by atoms with Gasteiger partial charge in [-0.1, -0.05) is 27.2 Å². The molecule has 0 bridgehead atoms. The van der Waals surface area contributed by atoms with E-state index in [0.29, 0.717) is 13.0 Å². The van der Waals surface area contributed by atoms with E-state index >= 15 is 0 Å². The lowest BCUT2D eigenvalue weighted by Crippen LogP contribution is -2.46. The van der Waals surface area contributed by atoms with Crippen molar-refractivity contribution in [3.63, 3.8) is 0 Å². The van der Waals surface area contributed by atoms with Gasteiger partial charge in [0.2, 0.25) is 0 Å². The first-order chi connectivity index (χ1) is 7.47. The standard InChI is InChI=1S/C11H22N2O3/c1-4-5-6-12-11(16)13-9(10(14)15)7-8(2)3/h8-9H,4-7H2,1-3H3,(H,14,15)(H2,12,13,16)/t9-/m0/s1. The minimum absolute atomic E-state index is 0.233. The largest absolute Gasteiger partial charge is 0.480 e. The summed E-state index contributed by atoms with van der Waals surface area (Å²) in [6.45, 7) is 6.45. The van der Waals surface area contributed by atoms with Gasteiger partial charge in [-0.2, -0.15) is 0 Å². The van der Waals surface area contributed by atoms with Crippen LogP contribution < -0.4 is 10.6 Å². The fourth-order valence-corrected chi connectivity index (χ4v) is 1.28. The van der Waals surface area contributed by atoms with Crippen LogP contribution in [0.1, 0.15) is 40.0 Å². The van der Waals surface area contributed by atoms with Crippen LogP contribution in [-0.2, 0) is 4.79 Å². The summed E-state index contributed by atoms with van der Waals surface area (Å²) in [5.41, 5.74) is 0. The van der Waals surface area contributed by atoms with Crippen LogP contribution in [0.5, 0.6) is 0 Å². The van der Waals surface area contributed by atoms with Crippen molar-refractivity contribution in [2.75, 3.05) is 6.54 Å². The van der Waals surface area contributed by atoms with Crippen LogP contribution >= 0.6 is 0 Å². The molecular weight excluding hydrogens is 208 g/mol. The summed E-state index contributed by atoms with van der Waals surface area (Å²) < 4.78 is 0. The molecule has 0 fully saturated rings. The van der Waals surface area contributed by atoms with Crippen LogP contribution in [0.4, 0.5) is 4.79 Å². The van der Waals surface area contributed by atoms with Gasteiger partial charge in [-0.05, 0) is 18.8 Å². The predicted molar refractivity (Wildman–Crippen MR) is 62.3 cm³/mol. The Labute approximate surface area is 96.6 Å². The molecule has 0 saturated carbocycles. The van der Waals surface area contributed by atoms with Crippen LogP contribution in [0.3, 0.4) is 0 Å². The molecule has 0 aromatic heterocycles. The van der Waals surface area contributed by atoms with E-state index in [4.69, 9.17) is 5.11 Å². The van der Waals surface area contributed by atoms with Crippen molar-refractivity contribution in [3.05, 3.63) is 0 Å². The summed E-state index contributed by atoms with van der Waals surface area (Å²) in [6.07, 6.45) is 2.33. The molecule has 0 spiro atoms. The molecule has 94 valence electrons. The van der Waals surface area contributed by atoms with E-state index in [2.05, 4.69) is 10.6 Å². The number of carboxylic acids is 1. The van der Waals surface area contributed by atoms with E-state index in [1.807, 2.05) is 20.8 Å². The van der Waals surface area contributed by atoms with Crippen molar-refractivity contribution >= 4 is 12.0 Å². The van der Waals surface area contributed by atoms with Gasteiger partial charge in [0.25, 0.3) is 0 Å². The molecule has 1 atom stereocenters. The van der Waals surface area contributed by atoms with Gasteiger partial charge in [0.1, 0.15) is 6.04 Å². The third kappa shape index (κ3) is 7.09. The smallest absolute Gasteiger partial charge is 0.326 e. The zero-order valence-corrected chi connectivity index (χ0v) is 10.2. The second-order valence-corrected chi connectivity index (χ2v) is 4.27. The van der Waals surface area contributed by atoms with Crippen LogP contribution in [0.2, 0.25) is 0 Å². The number of aliphatic carboxylic acids is 1. The van der Waals surface area contributed by atoms with Gasteiger partial charge in [-0.25, -0.2) is 9.59 Å². The average Bonchev–Trinajstić information content (AvgIpc) is 2.16. The lowest BCUT2D eigenvalue weighted by molar-refractivity contribution is -0.139. The van der Waals surface area contributed by atoms with Gasteiger partial charge >= 0.3 is 12.0 Å². The monoisotopic (exact) mass is 230 g/mol. The minimum atomic E-state index is -0.987. The highest BCUT2D eigenvalue weighted by atomic mass is 16.4. The Morgan fingerprint density at radius 1 is 1.31 bits per heavy atom. The van der Waals surface area contributed by atoms with E-state index in [0.717, 1.165) is 12.8 Å². The molecule has 5 nitrogen and oxygen atoms in total. The predicted octanol–water partition coefficient (Wildman–Crippen LogP) is 1.58. The quantitative estimate of drug-likeness (QED) is 0.581. The van der Waals surface area contributed by atoms with Gasteiger partial charge in [0.15, 0.2) is 0 Å². The number of urea groups is 1. The summed E-state index contributed by atoms with van der Waals surface area (Å²) in [5.74, 6) is -0.753. The maximum atomic E-state index is 11.3. The average molecular weight is 230 g/mol. The number of hydrogen-bond donors (Lipinski definition) is 3. The van der Waals surface area contributed by atoms with Gasteiger partial charge in [0, 0.05) is 6.54 Å². The summed E-state index contributed by atoms with van der Waals surface area (Å²) in [4.78, 5) is 22.2. The van der Waals surface area contributed by atoms with Gasteiger partial charge < -0.3 is 15.7 Å². The number of amides is 2. The summed E-state index contributed by atoms with van der Waals surface area (Å²) in [5, 5.41) is 14.0. The first-order valence-electron chi connectivity index (χ1n) is 5.74. The molecule has 0 saturated heterocycles. The number of carbonyl (C=O) groups is 2. The third-order valence-electron chi connectivity index (χ3n) is 2.13. The van der Waals surface area contributed by atoms with E-state index in [-0.39, 0.29) is 5.92 Å². The summed E-state index contributed by atoms with van der Waals surface area (Å²) in [6, 6.07) is -1.21. The molecule has 16 heavy (non-hydrogen) atoms. The lowest BCUT2D eigenvalue weighted by atomic mass is 10.0. The van der Waals surface area contributed by atoms with Crippen LogP contribution in [0.25, 0.3) is 0 Å². The fourth-order valence-electron chi connectivity index (χ4n) is 1.28. The van der Waals surface area contributed by atoms with Crippen molar-refractivity contribution < 1.29 is 14.7 Å². The highest BCUT2D eigenvalue weighted by molar-refractivity contribution is 5.82. The Morgan fingerprint density at radius 2 is 1.94 bits per heavy atom. The highest BCUT2D eigenvalue weighted by Gasteiger charge is 2.20. The summed E-state index contributed by atoms with van der Waals surface area (Å²) in [7, 11) is 0. The van der Waals surface area contributed by atoms with Crippen LogP contribution in [-0.4, -0.2) is 29.7 Å². The first-order valence-corrected chi connectivity index (χ1v) is 5.74. The van der Waals surface area contributed by atoms with Crippen molar-refractivity contribution in [2.45, 2.75) is 46.1 Å². The van der Waals surface area contributed by atoms with E-state index in [1.54, 1.807) is 0 Å². The SMILES string of the molecule is CCCCNC(=O)N[C@@H](CC(C)C)C(=O)O. The second-order valence-electron chi connectivity index (χ2n) is 4.27. The third-order valence-corrected chi connectivity index (χ3v) is 2.13. The Hall–Kier alpha value is -1.26. The molecule has 0 aliphatic carbocycles. The van der Waals surface area contributed by atoms with Crippen LogP contribution in [0.15, 0.2) is 0 Å². The number of rotatable bonds is 7.